The maximum absolute atomic E-state index is 13.8. The van der Waals surface area contributed by atoms with Crippen molar-refractivity contribution in [2.24, 2.45) is 0 Å². The van der Waals surface area contributed by atoms with E-state index in [4.69, 9.17) is 0 Å². The van der Waals surface area contributed by atoms with Gasteiger partial charge in [0.1, 0.15) is 5.82 Å². The Labute approximate surface area is 102 Å². The van der Waals surface area contributed by atoms with Crippen LogP contribution < -0.4 is 0 Å². The van der Waals surface area contributed by atoms with Crippen molar-refractivity contribution in [1.82, 2.24) is 0 Å². The number of nitro groups is 1. The SMILES string of the molecule is O=[N+]([O-])c1cccc(Cc2ccccc2F)c1F. The van der Waals surface area contributed by atoms with E-state index in [1.807, 2.05) is 0 Å². The van der Waals surface area contributed by atoms with E-state index in [9.17, 15) is 18.9 Å². The molecule has 0 saturated carbocycles. The van der Waals surface area contributed by atoms with E-state index in [0.717, 1.165) is 6.07 Å². The third-order valence-electron chi connectivity index (χ3n) is 2.59. The average molecular weight is 249 g/mol. The highest BCUT2D eigenvalue weighted by Gasteiger charge is 2.17. The van der Waals surface area contributed by atoms with Crippen LogP contribution in [0.15, 0.2) is 42.5 Å². The molecular weight excluding hydrogens is 240 g/mol. The van der Waals surface area contributed by atoms with E-state index in [0.29, 0.717) is 5.56 Å². The summed E-state index contributed by atoms with van der Waals surface area (Å²) in [5.74, 6) is -1.37. The van der Waals surface area contributed by atoms with E-state index in [2.05, 4.69) is 0 Å². The molecule has 0 amide bonds. The van der Waals surface area contributed by atoms with Crippen LogP contribution in [-0.4, -0.2) is 4.92 Å². The van der Waals surface area contributed by atoms with Crippen LogP contribution in [0.25, 0.3) is 0 Å². The quantitative estimate of drug-likeness (QED) is 0.617. The van der Waals surface area contributed by atoms with Gasteiger partial charge >= 0.3 is 5.69 Å². The first-order valence-electron chi connectivity index (χ1n) is 5.25. The second-order valence-corrected chi connectivity index (χ2v) is 3.78. The average Bonchev–Trinajstić information content (AvgIpc) is 2.34. The third kappa shape index (κ3) is 2.34. The zero-order valence-corrected chi connectivity index (χ0v) is 9.27. The van der Waals surface area contributed by atoms with E-state index in [-0.39, 0.29) is 12.0 Å². The fourth-order valence-corrected chi connectivity index (χ4v) is 1.69. The number of hydrogen-bond acceptors (Lipinski definition) is 2. The zero-order valence-electron chi connectivity index (χ0n) is 9.27. The number of rotatable bonds is 3. The fraction of sp³-hybridized carbons (Fsp3) is 0.0769. The van der Waals surface area contributed by atoms with Crippen molar-refractivity contribution in [3.63, 3.8) is 0 Å². The molecule has 3 nitrogen and oxygen atoms in total. The van der Waals surface area contributed by atoms with Gasteiger partial charge in [0.2, 0.25) is 5.82 Å². The molecule has 0 radical (unpaired) electrons. The van der Waals surface area contributed by atoms with Crippen molar-refractivity contribution in [3.8, 4) is 0 Å². The first-order chi connectivity index (χ1) is 8.59. The van der Waals surface area contributed by atoms with E-state index in [1.165, 1.54) is 30.3 Å². The molecule has 0 spiro atoms. The zero-order chi connectivity index (χ0) is 13.1. The molecule has 0 aromatic heterocycles. The molecular formula is C13H9F2NO2. The topological polar surface area (TPSA) is 43.1 Å². The third-order valence-corrected chi connectivity index (χ3v) is 2.59. The number of benzene rings is 2. The molecule has 0 fully saturated rings. The Hall–Kier alpha value is -2.30. The second-order valence-electron chi connectivity index (χ2n) is 3.78. The smallest absolute Gasteiger partial charge is 0.258 e. The summed E-state index contributed by atoms with van der Waals surface area (Å²) in [5, 5.41) is 10.6. The molecule has 2 aromatic carbocycles. The lowest BCUT2D eigenvalue weighted by molar-refractivity contribution is -0.387. The molecule has 0 aliphatic rings. The van der Waals surface area contributed by atoms with E-state index < -0.39 is 22.2 Å². The summed E-state index contributed by atoms with van der Waals surface area (Å²) >= 11 is 0. The summed E-state index contributed by atoms with van der Waals surface area (Å²) in [7, 11) is 0. The number of halogens is 2. The maximum atomic E-state index is 13.8. The van der Waals surface area contributed by atoms with Gasteiger partial charge in [-0.2, -0.15) is 4.39 Å². The van der Waals surface area contributed by atoms with Crippen LogP contribution in [0.2, 0.25) is 0 Å². The monoisotopic (exact) mass is 249 g/mol. The van der Waals surface area contributed by atoms with Gasteiger partial charge in [0.25, 0.3) is 0 Å². The predicted molar refractivity (Wildman–Crippen MR) is 62.3 cm³/mol. The Balaban J connectivity index is 2.39. The summed E-state index contributed by atoms with van der Waals surface area (Å²) in [4.78, 5) is 9.79. The molecule has 0 aliphatic heterocycles. The van der Waals surface area contributed by atoms with Crippen molar-refractivity contribution < 1.29 is 13.7 Å². The highest BCUT2D eigenvalue weighted by atomic mass is 19.1. The highest BCUT2D eigenvalue weighted by Crippen LogP contribution is 2.23. The lowest BCUT2D eigenvalue weighted by Crippen LogP contribution is -1.99. The summed E-state index contributed by atoms with van der Waals surface area (Å²) < 4.78 is 27.2. The van der Waals surface area contributed by atoms with Crippen LogP contribution in [0.4, 0.5) is 14.5 Å². The Morgan fingerprint density at radius 2 is 1.67 bits per heavy atom. The van der Waals surface area contributed by atoms with Crippen LogP contribution in [-0.2, 0) is 6.42 Å². The largest absolute Gasteiger partial charge is 0.305 e. The molecule has 2 aromatic rings. The van der Waals surface area contributed by atoms with Crippen LogP contribution in [0, 0.1) is 21.7 Å². The Morgan fingerprint density at radius 1 is 1.00 bits per heavy atom. The standard InChI is InChI=1S/C13H9F2NO2/c14-11-6-2-1-4-9(11)8-10-5-3-7-12(13(10)15)16(17)18/h1-7H,8H2. The number of hydrogen-bond donors (Lipinski definition) is 0. The minimum Gasteiger partial charge on any atom is -0.258 e. The molecule has 0 heterocycles. The van der Waals surface area contributed by atoms with Gasteiger partial charge in [-0.25, -0.2) is 4.39 Å². The van der Waals surface area contributed by atoms with Crippen molar-refractivity contribution in [2.75, 3.05) is 0 Å². The molecule has 92 valence electrons. The van der Waals surface area contributed by atoms with Crippen molar-refractivity contribution in [2.45, 2.75) is 6.42 Å². The van der Waals surface area contributed by atoms with Gasteiger partial charge in [0, 0.05) is 12.5 Å². The molecule has 0 bridgehead atoms. The Bertz CT molecular complexity index is 599. The van der Waals surface area contributed by atoms with Crippen molar-refractivity contribution in [3.05, 3.63) is 75.3 Å². The van der Waals surface area contributed by atoms with Gasteiger partial charge in [-0.1, -0.05) is 30.3 Å². The molecule has 2 rings (SSSR count). The second kappa shape index (κ2) is 4.91. The fourth-order valence-electron chi connectivity index (χ4n) is 1.69. The molecule has 18 heavy (non-hydrogen) atoms. The molecule has 0 saturated heterocycles. The van der Waals surface area contributed by atoms with Gasteiger partial charge < -0.3 is 0 Å². The highest BCUT2D eigenvalue weighted by molar-refractivity contribution is 5.39. The van der Waals surface area contributed by atoms with Crippen LogP contribution in [0.1, 0.15) is 11.1 Å². The first-order valence-corrected chi connectivity index (χ1v) is 5.25. The minimum atomic E-state index is -0.911. The number of nitro benzene ring substituents is 1. The minimum absolute atomic E-state index is 0.0137. The first kappa shape index (κ1) is 12.2. The summed E-state index contributed by atoms with van der Waals surface area (Å²) in [6.07, 6.45) is -0.0137. The molecule has 0 unspecified atom stereocenters. The summed E-state index contributed by atoms with van der Waals surface area (Å²) in [6.45, 7) is 0. The van der Waals surface area contributed by atoms with E-state index >= 15 is 0 Å². The lowest BCUT2D eigenvalue weighted by atomic mass is 10.0. The van der Waals surface area contributed by atoms with Crippen LogP contribution in [0.5, 0.6) is 0 Å². The van der Waals surface area contributed by atoms with Gasteiger partial charge in [-0.05, 0) is 17.2 Å². The van der Waals surface area contributed by atoms with Crippen molar-refractivity contribution in [1.29, 1.82) is 0 Å². The summed E-state index contributed by atoms with van der Waals surface area (Å²) in [5.41, 5.74) is -0.185. The predicted octanol–water partition coefficient (Wildman–Crippen LogP) is 3.46. The van der Waals surface area contributed by atoms with Crippen molar-refractivity contribution >= 4 is 5.69 Å². The van der Waals surface area contributed by atoms with Gasteiger partial charge in [-0.15, -0.1) is 0 Å². The summed E-state index contributed by atoms with van der Waals surface area (Å²) in [6, 6.07) is 9.83. The van der Waals surface area contributed by atoms with Gasteiger partial charge in [0.05, 0.1) is 4.92 Å². The molecule has 0 aliphatic carbocycles. The van der Waals surface area contributed by atoms with Crippen LogP contribution in [0.3, 0.4) is 0 Å². The maximum Gasteiger partial charge on any atom is 0.305 e. The number of nitrogens with zero attached hydrogens (tertiary/aromatic N) is 1. The van der Waals surface area contributed by atoms with Gasteiger partial charge in [-0.3, -0.25) is 10.1 Å². The van der Waals surface area contributed by atoms with E-state index in [1.54, 1.807) is 6.07 Å². The normalized spacial score (nSPS) is 10.3. The Morgan fingerprint density at radius 3 is 2.33 bits per heavy atom. The van der Waals surface area contributed by atoms with Crippen LogP contribution >= 0.6 is 0 Å². The molecule has 0 atom stereocenters. The molecule has 0 N–H and O–H groups in total. The molecule has 5 heteroatoms. The Kier molecular flexibility index (Phi) is 3.32. The van der Waals surface area contributed by atoms with Gasteiger partial charge in [0.15, 0.2) is 0 Å². The lowest BCUT2D eigenvalue weighted by Gasteiger charge is -2.04.